The van der Waals surface area contributed by atoms with Crippen molar-refractivity contribution in [2.75, 3.05) is 5.32 Å². The minimum atomic E-state index is -5.20. The number of esters is 1. The number of carbonyl (C=O) groups is 1. The number of aromatic nitrogens is 5. The number of piperidine rings is 1. The quantitative estimate of drug-likeness (QED) is 0.287. The van der Waals surface area contributed by atoms with Gasteiger partial charge in [-0.3, -0.25) is 0 Å². The molecule has 1 fully saturated rings. The van der Waals surface area contributed by atoms with Crippen LogP contribution in [0.2, 0.25) is 0 Å². The normalized spacial score (nSPS) is 21.1. The van der Waals surface area contributed by atoms with Crippen LogP contribution in [0.4, 0.5) is 23.5 Å². The number of nitrogens with one attached hydrogen (secondary N) is 2. The van der Waals surface area contributed by atoms with Crippen molar-refractivity contribution in [3.63, 3.8) is 0 Å². The van der Waals surface area contributed by atoms with Crippen LogP contribution in [0.25, 0.3) is 21.8 Å². The molecule has 1 saturated heterocycles. The molecule has 2 atom stereocenters. The lowest BCUT2D eigenvalue weighted by atomic mass is 9.78. The Labute approximate surface area is 207 Å². The lowest BCUT2D eigenvalue weighted by Crippen LogP contribution is -2.67. The molecule has 0 saturated carbocycles. The van der Waals surface area contributed by atoms with Crippen LogP contribution < -0.4 is 15.4 Å². The molecule has 192 valence electrons. The van der Waals surface area contributed by atoms with E-state index in [1.807, 2.05) is 13.8 Å². The number of alkyl halides is 4. The summed E-state index contributed by atoms with van der Waals surface area (Å²) in [5.41, 5.74) is -0.630. The molecule has 3 heterocycles. The third-order valence-corrected chi connectivity index (χ3v) is 6.32. The fourth-order valence-corrected chi connectivity index (χ4v) is 4.83. The predicted molar refractivity (Wildman–Crippen MR) is 124 cm³/mol. The molecule has 0 bridgehead atoms. The maximum absolute atomic E-state index is 15.1. The number of rotatable bonds is 5. The molecule has 0 radical (unpaired) electrons. The van der Waals surface area contributed by atoms with Gasteiger partial charge in [0, 0.05) is 22.2 Å². The highest BCUT2D eigenvalue weighted by molar-refractivity contribution is 7.09. The van der Waals surface area contributed by atoms with Gasteiger partial charge in [-0.2, -0.15) is 17.5 Å². The average molecular weight is 526 g/mol. The van der Waals surface area contributed by atoms with Crippen LogP contribution >= 0.6 is 11.5 Å². The Morgan fingerprint density at radius 1 is 1.19 bits per heavy atom. The van der Waals surface area contributed by atoms with E-state index in [9.17, 15) is 18.0 Å². The summed E-state index contributed by atoms with van der Waals surface area (Å²) in [4.78, 5) is 19.7. The summed E-state index contributed by atoms with van der Waals surface area (Å²) in [7, 11) is 0. The molecule has 9 nitrogen and oxygen atoms in total. The summed E-state index contributed by atoms with van der Waals surface area (Å²) in [6, 6.07) is 3.63. The van der Waals surface area contributed by atoms with E-state index in [0.29, 0.717) is 17.0 Å². The van der Waals surface area contributed by atoms with E-state index in [1.165, 1.54) is 24.7 Å². The second-order valence-corrected chi connectivity index (χ2v) is 10.4. The van der Waals surface area contributed by atoms with Crippen LogP contribution in [0, 0.1) is 0 Å². The highest BCUT2D eigenvalue weighted by Crippen LogP contribution is 2.35. The average Bonchev–Trinajstić information content (AvgIpc) is 3.31. The van der Waals surface area contributed by atoms with Gasteiger partial charge < -0.3 is 15.4 Å². The molecule has 0 aliphatic carbocycles. The molecular weight excluding hydrogens is 502 g/mol. The number of benzene rings is 1. The Bertz CT molecular complexity index is 1230. The first-order valence-electron chi connectivity index (χ1n) is 10.9. The number of halogens is 4. The fraction of sp³-hybridized carbons (Fsp3) is 0.455. The van der Waals surface area contributed by atoms with Gasteiger partial charge in [0.05, 0.1) is 12.2 Å². The molecule has 0 spiro atoms. The van der Waals surface area contributed by atoms with E-state index >= 15 is 4.39 Å². The van der Waals surface area contributed by atoms with E-state index in [1.54, 1.807) is 19.9 Å². The van der Waals surface area contributed by atoms with Gasteiger partial charge >= 0.3 is 12.1 Å². The van der Waals surface area contributed by atoms with Gasteiger partial charge in [-0.15, -0.1) is 10.2 Å². The molecular formula is C22H23F4N7O2S. The number of hydrogen-bond acceptors (Lipinski definition) is 10. The smallest absolute Gasteiger partial charge is 0.419 e. The van der Waals surface area contributed by atoms with Crippen LogP contribution in [0.1, 0.15) is 34.1 Å². The lowest BCUT2D eigenvalue weighted by Gasteiger charge is -2.48. The molecule has 3 aromatic rings. The second-order valence-electron chi connectivity index (χ2n) is 9.60. The van der Waals surface area contributed by atoms with Crippen LogP contribution in [-0.2, 0) is 4.79 Å². The molecule has 1 aliphatic heterocycles. The van der Waals surface area contributed by atoms with Gasteiger partial charge in [-0.05, 0) is 57.8 Å². The molecule has 0 amide bonds. The third-order valence-electron chi connectivity index (χ3n) is 5.61. The minimum Gasteiger partial charge on any atom is -0.419 e. The molecule has 14 heteroatoms. The van der Waals surface area contributed by atoms with Gasteiger partial charge in [0.2, 0.25) is 5.95 Å². The Morgan fingerprint density at radius 3 is 2.56 bits per heavy atom. The molecule has 0 unspecified atom stereocenters. The van der Waals surface area contributed by atoms with E-state index in [4.69, 9.17) is 0 Å². The van der Waals surface area contributed by atoms with Crippen molar-refractivity contribution in [2.45, 2.75) is 63.6 Å². The van der Waals surface area contributed by atoms with Gasteiger partial charge in [-0.25, -0.2) is 19.2 Å². The maximum atomic E-state index is 15.1. The summed E-state index contributed by atoms with van der Waals surface area (Å²) >= 11 is 1.02. The van der Waals surface area contributed by atoms with Gasteiger partial charge in [0.15, 0.2) is 0 Å². The van der Waals surface area contributed by atoms with E-state index < -0.39 is 35.6 Å². The largest absolute Gasteiger partial charge is 0.491 e. The van der Waals surface area contributed by atoms with Crippen molar-refractivity contribution < 1.29 is 27.1 Å². The minimum absolute atomic E-state index is 0.0529. The van der Waals surface area contributed by atoms with Crippen LogP contribution in [0.5, 0.6) is 5.75 Å². The Balaban J connectivity index is 1.61. The van der Waals surface area contributed by atoms with Gasteiger partial charge in [0.1, 0.15) is 29.0 Å². The van der Waals surface area contributed by atoms with Crippen molar-refractivity contribution in [3.8, 4) is 27.6 Å². The first-order chi connectivity index (χ1) is 16.7. The van der Waals surface area contributed by atoms with Crippen LogP contribution in [0.3, 0.4) is 0 Å². The van der Waals surface area contributed by atoms with E-state index in [0.717, 1.165) is 11.5 Å². The second kappa shape index (κ2) is 9.32. The van der Waals surface area contributed by atoms with Crippen molar-refractivity contribution in [1.82, 2.24) is 29.9 Å². The Kier molecular flexibility index (Phi) is 6.68. The molecule has 36 heavy (non-hydrogen) atoms. The van der Waals surface area contributed by atoms with Gasteiger partial charge in [-0.1, -0.05) is 6.07 Å². The summed E-state index contributed by atoms with van der Waals surface area (Å²) in [5, 5.41) is 14.7. The molecule has 2 N–H and O–H groups in total. The number of hydrogen-bond donors (Lipinski definition) is 2. The molecule has 1 aliphatic rings. The monoisotopic (exact) mass is 525 g/mol. The Morgan fingerprint density at radius 2 is 1.94 bits per heavy atom. The SMILES string of the molecule is CC1(C)C[C@H](Nc2ncc(-c3ccc(-c4ncns4)cc3OC(=O)C(F)(F)F)nn2)[C@H](F)C(C)(C)N1. The van der Waals surface area contributed by atoms with E-state index in [2.05, 4.69) is 39.9 Å². The predicted octanol–water partition coefficient (Wildman–Crippen LogP) is 4.19. The molecule has 1 aromatic carbocycles. The zero-order chi connectivity index (χ0) is 26.3. The highest BCUT2D eigenvalue weighted by Gasteiger charge is 2.46. The number of carbonyl (C=O) groups excluding carboxylic acids is 1. The number of anilines is 1. The number of nitrogens with zero attached hydrogens (tertiary/aromatic N) is 5. The van der Waals surface area contributed by atoms with Crippen LogP contribution in [-0.4, -0.2) is 60.0 Å². The maximum Gasteiger partial charge on any atom is 0.491 e. The summed E-state index contributed by atoms with van der Waals surface area (Å²) in [5.74, 6) is -2.73. The van der Waals surface area contributed by atoms with Crippen molar-refractivity contribution in [1.29, 1.82) is 0 Å². The summed E-state index contributed by atoms with van der Waals surface area (Å²) in [6.07, 6.45) is -3.45. The van der Waals surface area contributed by atoms with Crippen molar-refractivity contribution in [2.24, 2.45) is 0 Å². The zero-order valence-corrected chi connectivity index (χ0v) is 20.5. The standard InChI is InChI=1S/C22H23F4N7O2S/c1-20(2)8-13(16(23)21(3,4)33-20)30-19-27-9-14(31-32-19)12-6-5-11(17-28-10-29-36-17)7-15(12)35-18(34)22(24,25)26/h5-7,9-10,13,16,33H,8H2,1-4H3,(H,27,30,32)/t13-,16-/m0/s1. The zero-order valence-electron chi connectivity index (χ0n) is 19.7. The first-order valence-corrected chi connectivity index (χ1v) is 11.6. The number of ether oxygens (including phenoxy) is 1. The topological polar surface area (TPSA) is 115 Å². The van der Waals surface area contributed by atoms with Crippen molar-refractivity contribution >= 4 is 23.5 Å². The molecule has 4 rings (SSSR count). The van der Waals surface area contributed by atoms with Gasteiger partial charge in [0.25, 0.3) is 0 Å². The van der Waals surface area contributed by atoms with Crippen LogP contribution in [0.15, 0.2) is 30.7 Å². The Hall–Kier alpha value is -3.26. The highest BCUT2D eigenvalue weighted by atomic mass is 32.1. The van der Waals surface area contributed by atoms with Crippen molar-refractivity contribution in [3.05, 3.63) is 30.7 Å². The summed E-state index contributed by atoms with van der Waals surface area (Å²) < 4.78 is 62.2. The first kappa shape index (κ1) is 25.8. The van der Waals surface area contributed by atoms with E-state index in [-0.39, 0.29) is 22.7 Å². The fourth-order valence-electron chi connectivity index (χ4n) is 4.31. The third kappa shape index (κ3) is 5.59. The molecule has 2 aromatic heterocycles. The lowest BCUT2D eigenvalue weighted by molar-refractivity contribution is -0.189. The summed E-state index contributed by atoms with van der Waals surface area (Å²) in [6.45, 7) is 7.47.